The lowest BCUT2D eigenvalue weighted by atomic mass is 9.77. The van der Waals surface area contributed by atoms with Gasteiger partial charge in [0, 0.05) is 37.1 Å². The van der Waals surface area contributed by atoms with Crippen LogP contribution in [0.25, 0.3) is 0 Å². The maximum Gasteiger partial charge on any atom is 0.514 e. The predicted molar refractivity (Wildman–Crippen MR) is 223 cm³/mol. The molecule has 14 heteroatoms. The van der Waals surface area contributed by atoms with Gasteiger partial charge in [-0.05, 0) is 59.4 Å². The van der Waals surface area contributed by atoms with Crippen molar-refractivity contribution in [2.45, 2.75) is 68.6 Å². The Labute approximate surface area is 351 Å². The van der Waals surface area contributed by atoms with Crippen molar-refractivity contribution >= 4 is 17.7 Å². The molecule has 1 aliphatic heterocycles. The Bertz CT molecular complexity index is 2300. The van der Waals surface area contributed by atoms with E-state index in [-0.39, 0.29) is 29.3 Å². The number of nitro groups is 1. The van der Waals surface area contributed by atoms with Crippen LogP contribution in [-0.4, -0.2) is 60.8 Å². The van der Waals surface area contributed by atoms with E-state index < -0.39 is 34.7 Å². The number of alkyl halides is 2. The Morgan fingerprint density at radius 2 is 1.33 bits per heavy atom. The van der Waals surface area contributed by atoms with E-state index in [2.05, 4.69) is 46.7 Å². The van der Waals surface area contributed by atoms with Crippen molar-refractivity contribution in [2.24, 2.45) is 0 Å². The summed E-state index contributed by atoms with van der Waals surface area (Å²) in [5.74, 6) is -3.24. The molecule has 2 heterocycles. The van der Waals surface area contributed by atoms with Crippen molar-refractivity contribution in [3.63, 3.8) is 0 Å². The van der Waals surface area contributed by atoms with E-state index in [0.717, 1.165) is 54.2 Å². The normalized spacial score (nSPS) is 14.9. The smallest absolute Gasteiger partial charge is 0.420 e. The van der Waals surface area contributed by atoms with Crippen LogP contribution in [0.15, 0.2) is 158 Å². The number of amides is 1. The predicted octanol–water partition coefficient (Wildman–Crippen LogP) is 9.45. The topological polar surface area (TPSA) is 143 Å². The number of nitro benzene ring substituents is 1. The largest absolute Gasteiger partial charge is 0.514 e. The second-order valence-corrected chi connectivity index (χ2v) is 14.7. The third-order valence-corrected chi connectivity index (χ3v) is 10.7. The number of aromatic nitrogens is 4. The molecule has 0 radical (unpaired) electrons. The van der Waals surface area contributed by atoms with Crippen LogP contribution in [0, 0.1) is 10.1 Å². The number of ether oxygens (including phenoxy) is 2. The van der Waals surface area contributed by atoms with E-state index in [1.165, 1.54) is 42.5 Å². The maximum atomic E-state index is 15.9. The van der Waals surface area contributed by atoms with Crippen molar-refractivity contribution < 1.29 is 32.8 Å². The third kappa shape index (κ3) is 9.70. The monoisotopic (exact) mass is 826 g/mol. The number of carbonyl (C=O) groups excluding carboxylic acids is 2. The summed E-state index contributed by atoms with van der Waals surface area (Å²) in [6.07, 6.45) is 3.51. The average molecular weight is 827 g/mol. The van der Waals surface area contributed by atoms with Crippen LogP contribution >= 0.6 is 0 Å². The standard InChI is InChI=1S/C47H44F2N6O6/c48-47(49,38-23-13-6-14-24-38)42(61-45(57)60-41-30-26-40(27-31-41)54(58)59)32-28-39-29-33-44(56)53(39)34-16-2-1-15-25-43-50-52-55(51-43)46(35-17-7-3-8-18-35,36-19-9-4-10-20-36)37-21-11-5-12-22-37/h3-14,17-24,26-28,30-32,39,42H,1-2,15-16,25,29,33-34H2/b32-28+/t39-,42+/m0/s1. The van der Waals surface area contributed by atoms with Gasteiger partial charge in [-0.15, -0.1) is 15.0 Å². The molecule has 0 aliphatic carbocycles. The lowest BCUT2D eigenvalue weighted by Gasteiger charge is -2.34. The van der Waals surface area contributed by atoms with Gasteiger partial charge in [-0.3, -0.25) is 14.9 Å². The van der Waals surface area contributed by atoms with Gasteiger partial charge in [-0.1, -0.05) is 140 Å². The molecule has 312 valence electrons. The van der Waals surface area contributed by atoms with E-state index in [4.69, 9.17) is 14.6 Å². The molecule has 1 amide bonds. The lowest BCUT2D eigenvalue weighted by molar-refractivity contribution is -0.384. The van der Waals surface area contributed by atoms with Gasteiger partial charge in [-0.25, -0.2) is 4.79 Å². The number of nitrogens with zero attached hydrogens (tertiary/aromatic N) is 6. The number of rotatable bonds is 18. The molecule has 2 atom stereocenters. The summed E-state index contributed by atoms with van der Waals surface area (Å²) in [4.78, 5) is 39.5. The van der Waals surface area contributed by atoms with Crippen LogP contribution < -0.4 is 4.74 Å². The Balaban J connectivity index is 0.973. The number of aryl methyl sites for hydroxylation is 1. The second kappa shape index (κ2) is 19.3. The molecule has 0 bridgehead atoms. The molecule has 7 rings (SSSR count). The van der Waals surface area contributed by atoms with E-state index in [0.29, 0.717) is 31.6 Å². The summed E-state index contributed by atoms with van der Waals surface area (Å²) >= 11 is 0. The molecule has 0 saturated carbocycles. The molecular weight excluding hydrogens is 783 g/mol. The first-order valence-electron chi connectivity index (χ1n) is 20.2. The van der Waals surface area contributed by atoms with Crippen molar-refractivity contribution in [1.82, 2.24) is 25.1 Å². The lowest BCUT2D eigenvalue weighted by Crippen LogP contribution is -2.39. The summed E-state index contributed by atoms with van der Waals surface area (Å²) in [6, 6.07) is 41.4. The minimum absolute atomic E-state index is 0.0842. The molecule has 1 aliphatic rings. The van der Waals surface area contributed by atoms with E-state index in [1.54, 1.807) is 15.8 Å². The van der Waals surface area contributed by atoms with Crippen molar-refractivity contribution in [3.8, 4) is 5.75 Å². The van der Waals surface area contributed by atoms with Crippen LogP contribution in [-0.2, 0) is 27.4 Å². The minimum Gasteiger partial charge on any atom is -0.420 e. The first-order valence-corrected chi connectivity index (χ1v) is 20.2. The average Bonchev–Trinajstić information content (AvgIpc) is 3.91. The number of tetrazole rings is 1. The van der Waals surface area contributed by atoms with Gasteiger partial charge >= 0.3 is 12.1 Å². The number of benzene rings is 5. The van der Waals surface area contributed by atoms with Gasteiger partial charge in [0.25, 0.3) is 5.69 Å². The first-order chi connectivity index (χ1) is 29.7. The minimum atomic E-state index is -3.66. The Morgan fingerprint density at radius 1 is 0.787 bits per heavy atom. The second-order valence-electron chi connectivity index (χ2n) is 14.7. The molecule has 5 aromatic carbocycles. The zero-order valence-corrected chi connectivity index (χ0v) is 33.2. The number of hydrogen-bond acceptors (Lipinski definition) is 9. The van der Waals surface area contributed by atoms with Crippen LogP contribution in [0.5, 0.6) is 5.75 Å². The summed E-state index contributed by atoms with van der Waals surface area (Å²) < 4.78 is 42.0. The zero-order valence-electron chi connectivity index (χ0n) is 33.2. The highest BCUT2D eigenvalue weighted by Crippen LogP contribution is 2.40. The molecule has 1 saturated heterocycles. The van der Waals surface area contributed by atoms with E-state index in [1.807, 2.05) is 54.6 Å². The number of hydrogen-bond donors (Lipinski definition) is 0. The molecule has 1 aromatic heterocycles. The summed E-state index contributed by atoms with van der Waals surface area (Å²) in [5, 5.41) is 25.0. The summed E-state index contributed by atoms with van der Waals surface area (Å²) in [6.45, 7) is 0.429. The maximum absolute atomic E-state index is 15.9. The molecule has 0 unspecified atom stereocenters. The molecule has 1 fully saturated rings. The number of unbranched alkanes of at least 4 members (excludes halogenated alkanes) is 3. The van der Waals surface area contributed by atoms with Gasteiger partial charge in [0.05, 0.1) is 11.0 Å². The highest BCUT2D eigenvalue weighted by Gasteiger charge is 2.44. The number of halogens is 2. The zero-order chi connectivity index (χ0) is 42.7. The fourth-order valence-electron chi connectivity index (χ4n) is 7.68. The van der Waals surface area contributed by atoms with E-state index >= 15 is 8.78 Å². The van der Waals surface area contributed by atoms with E-state index in [9.17, 15) is 19.7 Å². The summed E-state index contributed by atoms with van der Waals surface area (Å²) in [5.41, 5.74) is 1.51. The van der Waals surface area contributed by atoms with Crippen LogP contribution in [0.1, 0.15) is 66.6 Å². The molecule has 61 heavy (non-hydrogen) atoms. The molecule has 0 spiro atoms. The van der Waals surface area contributed by atoms with Crippen LogP contribution in [0.2, 0.25) is 0 Å². The Hall–Kier alpha value is -7.09. The van der Waals surface area contributed by atoms with Crippen LogP contribution in [0.4, 0.5) is 19.3 Å². The quantitative estimate of drug-likeness (QED) is 0.0158. The Morgan fingerprint density at radius 3 is 1.89 bits per heavy atom. The first kappa shape index (κ1) is 42.0. The van der Waals surface area contributed by atoms with Crippen molar-refractivity contribution in [1.29, 1.82) is 0 Å². The molecule has 6 aromatic rings. The molecule has 0 N–H and O–H groups in total. The molecular formula is C47H44F2N6O6. The number of non-ortho nitro benzene ring substituents is 1. The summed E-state index contributed by atoms with van der Waals surface area (Å²) in [7, 11) is 0. The van der Waals surface area contributed by atoms with Crippen molar-refractivity contribution in [2.75, 3.05) is 6.54 Å². The van der Waals surface area contributed by atoms with Crippen LogP contribution in [0.3, 0.4) is 0 Å². The SMILES string of the molecule is O=C(Oc1ccc([N+](=O)[O-])cc1)O[C@H](/C=C/[C@H]1CCC(=O)N1CCCCCCc1nnn(C(c2ccccc2)(c2ccccc2)c2ccccc2)n1)C(F)(F)c1ccccc1. The highest BCUT2D eigenvalue weighted by atomic mass is 19.3. The molecule has 12 nitrogen and oxygen atoms in total. The third-order valence-electron chi connectivity index (χ3n) is 10.7. The number of carbonyl (C=O) groups is 2. The van der Waals surface area contributed by atoms with Gasteiger partial charge in [0.1, 0.15) is 5.75 Å². The fraction of sp³-hybridized carbons (Fsp3) is 0.255. The van der Waals surface area contributed by atoms with Gasteiger partial charge in [0.15, 0.2) is 17.5 Å². The van der Waals surface area contributed by atoms with Crippen molar-refractivity contribution in [3.05, 3.63) is 196 Å². The highest BCUT2D eigenvalue weighted by molar-refractivity contribution is 5.79. The van der Waals surface area contributed by atoms with Gasteiger partial charge < -0.3 is 14.4 Å². The van der Waals surface area contributed by atoms with Gasteiger partial charge in [0.2, 0.25) is 5.91 Å². The number of likely N-dealkylation sites (tertiary alicyclic amines) is 1. The fourth-order valence-corrected chi connectivity index (χ4v) is 7.68. The Kier molecular flexibility index (Phi) is 13.3. The van der Waals surface area contributed by atoms with Gasteiger partial charge in [-0.2, -0.15) is 8.78 Å².